The molecule has 1 aliphatic rings. The maximum absolute atomic E-state index is 10.9. The Bertz CT molecular complexity index is 375. The minimum atomic E-state index is 0.162. The zero-order valence-electron chi connectivity index (χ0n) is 10.1. The van der Waals surface area contributed by atoms with Crippen LogP contribution >= 0.6 is 0 Å². The smallest absolute Gasteiger partial charge is 0.153 e. The molecule has 1 saturated carbocycles. The number of hydrogen-bond acceptors (Lipinski definition) is 3. The summed E-state index contributed by atoms with van der Waals surface area (Å²) in [7, 11) is 1.74. The summed E-state index contributed by atoms with van der Waals surface area (Å²) in [5.74, 6) is 0.684. The molecule has 0 aliphatic heterocycles. The number of hydrogen-bond donors (Lipinski definition) is 0. The zero-order chi connectivity index (χ0) is 12.1. The maximum atomic E-state index is 10.9. The summed E-state index contributed by atoms with van der Waals surface area (Å²) in [6.45, 7) is 0. The second-order valence-electron chi connectivity index (χ2n) is 4.42. The van der Waals surface area contributed by atoms with Gasteiger partial charge in [-0.15, -0.1) is 0 Å². The average Bonchev–Trinajstić information content (AvgIpc) is 2.39. The normalized spacial score (nSPS) is 24.3. The topological polar surface area (TPSA) is 35.5 Å². The molecule has 0 spiro atoms. The number of rotatable bonds is 4. The van der Waals surface area contributed by atoms with E-state index in [-0.39, 0.29) is 12.2 Å². The molecule has 0 N–H and O–H groups in total. The number of ether oxygens (including phenoxy) is 2. The van der Waals surface area contributed by atoms with Crippen molar-refractivity contribution in [1.29, 1.82) is 0 Å². The predicted molar refractivity (Wildman–Crippen MR) is 65.5 cm³/mol. The number of methoxy groups -OCH3 is 1. The monoisotopic (exact) mass is 234 g/mol. The molecule has 1 fully saturated rings. The van der Waals surface area contributed by atoms with E-state index >= 15 is 0 Å². The maximum Gasteiger partial charge on any atom is 0.153 e. The highest BCUT2D eigenvalue weighted by molar-refractivity contribution is 5.79. The average molecular weight is 234 g/mol. The first-order valence-electron chi connectivity index (χ1n) is 6.07. The van der Waals surface area contributed by atoms with Crippen molar-refractivity contribution in [2.75, 3.05) is 7.11 Å². The van der Waals surface area contributed by atoms with Gasteiger partial charge in [0.15, 0.2) is 6.29 Å². The Balaban J connectivity index is 2.02. The van der Waals surface area contributed by atoms with E-state index in [2.05, 4.69) is 0 Å². The third-order valence-corrected chi connectivity index (χ3v) is 3.25. The van der Waals surface area contributed by atoms with Crippen LogP contribution in [0, 0.1) is 0 Å². The number of para-hydroxylation sites is 1. The van der Waals surface area contributed by atoms with Crippen LogP contribution in [0.2, 0.25) is 0 Å². The Morgan fingerprint density at radius 1 is 1.24 bits per heavy atom. The molecule has 3 heteroatoms. The van der Waals surface area contributed by atoms with E-state index in [4.69, 9.17) is 9.47 Å². The minimum Gasteiger partial charge on any atom is -0.490 e. The Kier molecular flexibility index (Phi) is 4.15. The fraction of sp³-hybridized carbons (Fsp3) is 0.500. The van der Waals surface area contributed by atoms with Crippen molar-refractivity contribution in [2.45, 2.75) is 37.9 Å². The van der Waals surface area contributed by atoms with Crippen LogP contribution in [-0.2, 0) is 4.74 Å². The van der Waals surface area contributed by atoms with E-state index in [1.165, 1.54) is 0 Å². The van der Waals surface area contributed by atoms with Gasteiger partial charge in [-0.25, -0.2) is 0 Å². The molecule has 2 unspecified atom stereocenters. The number of carbonyl (C=O) groups is 1. The third-order valence-electron chi connectivity index (χ3n) is 3.25. The van der Waals surface area contributed by atoms with Crippen LogP contribution in [0.25, 0.3) is 0 Å². The van der Waals surface area contributed by atoms with Gasteiger partial charge in [-0.05, 0) is 31.4 Å². The van der Waals surface area contributed by atoms with Crippen LogP contribution in [-0.4, -0.2) is 25.6 Å². The summed E-state index contributed by atoms with van der Waals surface area (Å²) in [5.41, 5.74) is 0.618. The van der Waals surface area contributed by atoms with Gasteiger partial charge in [0.05, 0.1) is 11.7 Å². The standard InChI is InChI=1S/C14H18O3/c1-16-12-6-4-7-13(9-12)17-14-8-3-2-5-11(14)10-15/h2-3,5,8,10,12-13H,4,6-7,9H2,1H3. The van der Waals surface area contributed by atoms with Crippen molar-refractivity contribution in [2.24, 2.45) is 0 Å². The molecular formula is C14H18O3. The minimum absolute atomic E-state index is 0.162. The van der Waals surface area contributed by atoms with Gasteiger partial charge in [0.1, 0.15) is 11.9 Å². The molecule has 0 aromatic heterocycles. The van der Waals surface area contributed by atoms with E-state index in [0.29, 0.717) is 11.3 Å². The lowest BCUT2D eigenvalue weighted by molar-refractivity contribution is 0.0208. The molecule has 1 aromatic rings. The number of benzene rings is 1. The number of aldehydes is 1. The molecule has 0 amide bonds. The fourth-order valence-electron chi connectivity index (χ4n) is 2.29. The van der Waals surface area contributed by atoms with Crippen LogP contribution in [0.4, 0.5) is 0 Å². The van der Waals surface area contributed by atoms with E-state index in [1.54, 1.807) is 13.2 Å². The van der Waals surface area contributed by atoms with E-state index in [1.807, 2.05) is 18.2 Å². The van der Waals surface area contributed by atoms with Crippen LogP contribution in [0.1, 0.15) is 36.0 Å². The van der Waals surface area contributed by atoms with Gasteiger partial charge in [-0.2, -0.15) is 0 Å². The third kappa shape index (κ3) is 3.07. The summed E-state index contributed by atoms with van der Waals surface area (Å²) < 4.78 is 11.3. The molecule has 0 heterocycles. The summed E-state index contributed by atoms with van der Waals surface area (Å²) in [4.78, 5) is 10.9. The molecule has 1 aromatic carbocycles. The van der Waals surface area contributed by atoms with Crippen LogP contribution < -0.4 is 4.74 Å². The number of carbonyl (C=O) groups excluding carboxylic acids is 1. The zero-order valence-corrected chi connectivity index (χ0v) is 10.1. The highest BCUT2D eigenvalue weighted by atomic mass is 16.5. The van der Waals surface area contributed by atoms with Gasteiger partial charge >= 0.3 is 0 Å². The Labute approximate surface area is 102 Å². The Morgan fingerprint density at radius 2 is 2.00 bits per heavy atom. The summed E-state index contributed by atoms with van der Waals surface area (Å²) in [6, 6.07) is 7.35. The van der Waals surface area contributed by atoms with E-state index < -0.39 is 0 Å². The second kappa shape index (κ2) is 5.82. The summed E-state index contributed by atoms with van der Waals surface area (Å²) in [6.07, 6.45) is 5.45. The van der Waals surface area contributed by atoms with Crippen molar-refractivity contribution in [3.63, 3.8) is 0 Å². The molecule has 2 atom stereocenters. The van der Waals surface area contributed by atoms with Crippen molar-refractivity contribution >= 4 is 6.29 Å². The predicted octanol–water partition coefficient (Wildman–Crippen LogP) is 2.84. The molecule has 0 radical (unpaired) electrons. The lowest BCUT2D eigenvalue weighted by Crippen LogP contribution is -2.29. The fourth-order valence-corrected chi connectivity index (χ4v) is 2.29. The summed E-state index contributed by atoms with van der Waals surface area (Å²) >= 11 is 0. The second-order valence-corrected chi connectivity index (χ2v) is 4.42. The highest BCUT2D eigenvalue weighted by Crippen LogP contribution is 2.26. The van der Waals surface area contributed by atoms with Crippen molar-refractivity contribution in [3.8, 4) is 5.75 Å². The molecule has 92 valence electrons. The van der Waals surface area contributed by atoms with Crippen LogP contribution in [0.15, 0.2) is 24.3 Å². The molecule has 0 saturated heterocycles. The van der Waals surface area contributed by atoms with Gasteiger partial charge in [-0.3, -0.25) is 4.79 Å². The van der Waals surface area contributed by atoms with Crippen molar-refractivity contribution in [1.82, 2.24) is 0 Å². The van der Waals surface area contributed by atoms with Crippen LogP contribution in [0.5, 0.6) is 5.75 Å². The first-order valence-corrected chi connectivity index (χ1v) is 6.07. The molecular weight excluding hydrogens is 216 g/mol. The van der Waals surface area contributed by atoms with Gasteiger partial charge in [-0.1, -0.05) is 12.1 Å². The van der Waals surface area contributed by atoms with E-state index in [0.717, 1.165) is 32.0 Å². The SMILES string of the molecule is COC1CCCC(Oc2ccccc2C=O)C1. The molecule has 0 bridgehead atoms. The largest absolute Gasteiger partial charge is 0.490 e. The molecule has 1 aliphatic carbocycles. The summed E-state index contributed by atoms with van der Waals surface area (Å²) in [5, 5.41) is 0. The van der Waals surface area contributed by atoms with Gasteiger partial charge < -0.3 is 9.47 Å². The van der Waals surface area contributed by atoms with Crippen molar-refractivity contribution < 1.29 is 14.3 Å². The van der Waals surface area contributed by atoms with Crippen LogP contribution in [0.3, 0.4) is 0 Å². The van der Waals surface area contributed by atoms with E-state index in [9.17, 15) is 4.79 Å². The quantitative estimate of drug-likeness (QED) is 0.751. The first kappa shape index (κ1) is 12.1. The molecule has 3 nitrogen and oxygen atoms in total. The molecule has 17 heavy (non-hydrogen) atoms. The Hall–Kier alpha value is -1.35. The van der Waals surface area contributed by atoms with Gasteiger partial charge in [0, 0.05) is 13.5 Å². The highest BCUT2D eigenvalue weighted by Gasteiger charge is 2.23. The lowest BCUT2D eigenvalue weighted by Gasteiger charge is -2.29. The molecule has 2 rings (SSSR count). The van der Waals surface area contributed by atoms with Crippen molar-refractivity contribution in [3.05, 3.63) is 29.8 Å². The van der Waals surface area contributed by atoms with Gasteiger partial charge in [0.2, 0.25) is 0 Å². The Morgan fingerprint density at radius 3 is 2.76 bits per heavy atom. The first-order chi connectivity index (χ1) is 8.33. The van der Waals surface area contributed by atoms with Gasteiger partial charge in [0.25, 0.3) is 0 Å². The lowest BCUT2D eigenvalue weighted by atomic mass is 9.95.